The van der Waals surface area contributed by atoms with E-state index in [0.29, 0.717) is 36.0 Å². The molecule has 3 aromatic rings. The molecule has 7 nitrogen and oxygen atoms in total. The monoisotopic (exact) mass is 463 g/mol. The lowest BCUT2D eigenvalue weighted by Gasteiger charge is -2.32. The maximum Gasteiger partial charge on any atom is 0.320 e. The lowest BCUT2D eigenvalue weighted by Crippen LogP contribution is -2.39. The van der Waals surface area contributed by atoms with E-state index in [1.807, 2.05) is 71.6 Å². The summed E-state index contributed by atoms with van der Waals surface area (Å²) in [7, 11) is 4.70. The molecule has 34 heavy (non-hydrogen) atoms. The van der Waals surface area contributed by atoms with Crippen LogP contribution in [0.25, 0.3) is 0 Å². The molecule has 1 saturated heterocycles. The van der Waals surface area contributed by atoms with Gasteiger partial charge in [0.1, 0.15) is 17.5 Å². The molecule has 2 atom stereocenters. The molecule has 0 bridgehead atoms. The Hall–Kier alpha value is -3.71. The summed E-state index contributed by atoms with van der Waals surface area (Å²) in [5.41, 5.74) is 1.76. The zero-order valence-corrected chi connectivity index (χ0v) is 19.6. The molecule has 0 radical (unpaired) electrons. The molecule has 1 aliphatic rings. The number of para-hydroxylation sites is 1. The summed E-state index contributed by atoms with van der Waals surface area (Å²) < 4.78 is 22.7. The maximum absolute atomic E-state index is 12.1. The average molecular weight is 464 g/mol. The van der Waals surface area contributed by atoms with Crippen LogP contribution in [-0.2, 0) is 4.79 Å². The van der Waals surface area contributed by atoms with E-state index in [0.717, 1.165) is 23.3 Å². The number of hydrogen-bond donors (Lipinski definition) is 1. The van der Waals surface area contributed by atoms with Crippen LogP contribution < -0.4 is 18.9 Å². The number of nitrogens with zero attached hydrogens (tertiary/aromatic N) is 1. The fraction of sp³-hybridized carbons (Fsp3) is 0.296. The van der Waals surface area contributed by atoms with Crippen LogP contribution in [0.5, 0.6) is 28.7 Å². The number of carbonyl (C=O) groups is 1. The molecular weight excluding hydrogens is 434 g/mol. The Morgan fingerprint density at radius 2 is 1.56 bits per heavy atom. The van der Waals surface area contributed by atoms with Crippen molar-refractivity contribution in [2.75, 3.05) is 27.9 Å². The van der Waals surface area contributed by atoms with Gasteiger partial charge in [0.25, 0.3) is 0 Å². The van der Waals surface area contributed by atoms with Crippen LogP contribution in [0.15, 0.2) is 66.7 Å². The van der Waals surface area contributed by atoms with Gasteiger partial charge in [0.05, 0.1) is 27.4 Å². The third kappa shape index (κ3) is 4.79. The van der Waals surface area contributed by atoms with Gasteiger partial charge in [-0.2, -0.15) is 0 Å². The molecule has 1 N–H and O–H groups in total. The zero-order chi connectivity index (χ0) is 24.1. The van der Waals surface area contributed by atoms with Crippen molar-refractivity contribution in [3.63, 3.8) is 0 Å². The van der Waals surface area contributed by atoms with Crippen LogP contribution in [0, 0.1) is 0 Å². The molecule has 1 heterocycles. The zero-order valence-electron chi connectivity index (χ0n) is 19.6. The normalized spacial score (nSPS) is 16.6. The van der Waals surface area contributed by atoms with E-state index >= 15 is 0 Å². The lowest BCUT2D eigenvalue weighted by atomic mass is 9.95. The Balaban J connectivity index is 1.82. The average Bonchev–Trinajstić information content (AvgIpc) is 3.34. The second kappa shape index (κ2) is 10.5. The number of hydrogen-bond acceptors (Lipinski definition) is 6. The van der Waals surface area contributed by atoms with Gasteiger partial charge in [-0.1, -0.05) is 30.3 Å². The maximum atomic E-state index is 12.1. The number of aliphatic carboxylic acids is 1. The van der Waals surface area contributed by atoms with E-state index < -0.39 is 12.0 Å². The number of benzene rings is 3. The highest BCUT2D eigenvalue weighted by Gasteiger charge is 2.37. The number of methoxy groups -OCH3 is 3. The van der Waals surface area contributed by atoms with Gasteiger partial charge < -0.3 is 24.1 Å². The number of ether oxygens (including phenoxy) is 4. The molecule has 0 amide bonds. The van der Waals surface area contributed by atoms with E-state index in [1.165, 1.54) is 0 Å². The van der Waals surface area contributed by atoms with Gasteiger partial charge in [0.2, 0.25) is 5.75 Å². The highest BCUT2D eigenvalue weighted by Crippen LogP contribution is 2.44. The van der Waals surface area contributed by atoms with Crippen LogP contribution in [0.4, 0.5) is 0 Å². The quantitative estimate of drug-likeness (QED) is 0.471. The van der Waals surface area contributed by atoms with Crippen LogP contribution in [0.2, 0.25) is 0 Å². The molecule has 0 aliphatic carbocycles. The number of rotatable bonds is 9. The summed E-state index contributed by atoms with van der Waals surface area (Å²) in [4.78, 5) is 14.1. The molecular formula is C27H29NO6. The summed E-state index contributed by atoms with van der Waals surface area (Å²) in [5, 5.41) is 9.92. The van der Waals surface area contributed by atoms with Crippen molar-refractivity contribution in [3.8, 4) is 28.7 Å². The minimum absolute atomic E-state index is 0.350. The summed E-state index contributed by atoms with van der Waals surface area (Å²) in [6.07, 6.45) is 1.40. The second-order valence-corrected chi connectivity index (χ2v) is 8.08. The largest absolute Gasteiger partial charge is 0.493 e. The number of carboxylic acid groups (broad SMARTS) is 1. The third-order valence-electron chi connectivity index (χ3n) is 6.07. The van der Waals surface area contributed by atoms with Crippen molar-refractivity contribution in [2.24, 2.45) is 0 Å². The van der Waals surface area contributed by atoms with Crippen molar-refractivity contribution in [1.29, 1.82) is 0 Å². The highest BCUT2D eigenvalue weighted by atomic mass is 16.5. The Labute approximate surface area is 199 Å². The van der Waals surface area contributed by atoms with Crippen LogP contribution in [-0.4, -0.2) is 49.9 Å². The number of likely N-dealkylation sites (tertiary alicyclic amines) is 1. The van der Waals surface area contributed by atoms with Gasteiger partial charge >= 0.3 is 5.97 Å². The predicted molar refractivity (Wildman–Crippen MR) is 128 cm³/mol. The van der Waals surface area contributed by atoms with Crippen LogP contribution in [0.1, 0.15) is 30.0 Å². The van der Waals surface area contributed by atoms with E-state index in [4.69, 9.17) is 18.9 Å². The van der Waals surface area contributed by atoms with Gasteiger partial charge in [0.15, 0.2) is 11.5 Å². The standard InChI is InChI=1S/C27H29NO6/c1-31-23-16-19(17-24(32-2)26(23)33-3)25(28-14-8-13-22(28)27(29)30)18-9-7-12-21(15-18)34-20-10-5-4-6-11-20/h4-7,9-12,15-17,22,25H,8,13-14H2,1-3H3,(H,29,30). The van der Waals surface area contributed by atoms with E-state index in [2.05, 4.69) is 0 Å². The van der Waals surface area contributed by atoms with Gasteiger partial charge in [-0.25, -0.2) is 0 Å². The van der Waals surface area contributed by atoms with E-state index in [-0.39, 0.29) is 6.04 Å². The second-order valence-electron chi connectivity index (χ2n) is 8.08. The number of carboxylic acids is 1. The van der Waals surface area contributed by atoms with Gasteiger partial charge in [-0.3, -0.25) is 9.69 Å². The Morgan fingerprint density at radius 3 is 2.18 bits per heavy atom. The molecule has 2 unspecified atom stereocenters. The van der Waals surface area contributed by atoms with Gasteiger partial charge in [0, 0.05) is 6.54 Å². The fourth-order valence-corrected chi connectivity index (χ4v) is 4.57. The first-order valence-electron chi connectivity index (χ1n) is 11.2. The minimum atomic E-state index is -0.827. The molecule has 7 heteroatoms. The van der Waals surface area contributed by atoms with E-state index in [9.17, 15) is 9.90 Å². The highest BCUT2D eigenvalue weighted by molar-refractivity contribution is 5.74. The minimum Gasteiger partial charge on any atom is -0.493 e. The Kier molecular flexibility index (Phi) is 7.23. The molecule has 4 rings (SSSR count). The van der Waals surface area contributed by atoms with Crippen molar-refractivity contribution in [1.82, 2.24) is 4.90 Å². The third-order valence-corrected chi connectivity index (χ3v) is 6.07. The smallest absolute Gasteiger partial charge is 0.320 e. The molecule has 0 spiro atoms. The van der Waals surface area contributed by atoms with Gasteiger partial charge in [-0.05, 0) is 60.4 Å². The van der Waals surface area contributed by atoms with Crippen molar-refractivity contribution in [2.45, 2.75) is 24.9 Å². The first-order chi connectivity index (χ1) is 16.5. The Morgan fingerprint density at radius 1 is 0.882 bits per heavy atom. The summed E-state index contributed by atoms with van der Waals surface area (Å²) >= 11 is 0. The molecule has 1 aliphatic heterocycles. The van der Waals surface area contributed by atoms with Gasteiger partial charge in [-0.15, -0.1) is 0 Å². The summed E-state index contributed by atoms with van der Waals surface area (Å²) in [6, 6.07) is 20.1. The van der Waals surface area contributed by atoms with Crippen LogP contribution in [0.3, 0.4) is 0 Å². The Bertz CT molecular complexity index is 1110. The van der Waals surface area contributed by atoms with Crippen LogP contribution >= 0.6 is 0 Å². The van der Waals surface area contributed by atoms with Crippen molar-refractivity contribution >= 4 is 5.97 Å². The summed E-state index contributed by atoms with van der Waals surface area (Å²) in [6.45, 7) is 0.655. The topological polar surface area (TPSA) is 77.5 Å². The molecule has 178 valence electrons. The molecule has 1 fully saturated rings. The van der Waals surface area contributed by atoms with Crippen molar-refractivity contribution in [3.05, 3.63) is 77.9 Å². The lowest BCUT2D eigenvalue weighted by molar-refractivity contribution is -0.142. The molecule has 3 aromatic carbocycles. The first-order valence-corrected chi connectivity index (χ1v) is 11.2. The first kappa shape index (κ1) is 23.4. The SMILES string of the molecule is COc1cc(C(c2cccc(Oc3ccccc3)c2)N2CCCC2C(=O)O)cc(OC)c1OC. The summed E-state index contributed by atoms with van der Waals surface area (Å²) in [5.74, 6) is 2.10. The van der Waals surface area contributed by atoms with E-state index in [1.54, 1.807) is 21.3 Å². The van der Waals surface area contributed by atoms with Crippen molar-refractivity contribution < 1.29 is 28.8 Å². The fourth-order valence-electron chi connectivity index (χ4n) is 4.57. The predicted octanol–water partition coefficient (Wildman–Crippen LogP) is 5.14. The molecule has 0 saturated carbocycles. The molecule has 0 aromatic heterocycles.